The molecule has 1 saturated carbocycles. The molecule has 7 heteroatoms. The summed E-state index contributed by atoms with van der Waals surface area (Å²) in [5.74, 6) is 1.59. The van der Waals surface area contributed by atoms with Gasteiger partial charge in [-0.25, -0.2) is 4.98 Å². The third-order valence-corrected chi connectivity index (χ3v) is 5.31. The topological polar surface area (TPSA) is 97.5 Å². The summed E-state index contributed by atoms with van der Waals surface area (Å²) in [6.45, 7) is 1.38. The number of rotatable bonds is 10. The Morgan fingerprint density at radius 1 is 1.21 bits per heavy atom. The Kier molecular flexibility index (Phi) is 5.46. The Morgan fingerprint density at radius 3 is 2.76 bits per heavy atom. The first-order chi connectivity index (χ1) is 14.2. The molecule has 2 heterocycles. The predicted octanol–water partition coefficient (Wildman–Crippen LogP) is 3.85. The number of anilines is 1. The van der Waals surface area contributed by atoms with Gasteiger partial charge in [-0.1, -0.05) is 23.4 Å². The molecule has 0 amide bonds. The van der Waals surface area contributed by atoms with Crippen LogP contribution in [0.2, 0.25) is 0 Å². The van der Waals surface area contributed by atoms with Crippen molar-refractivity contribution in [1.29, 1.82) is 0 Å². The minimum atomic E-state index is -0.830. The van der Waals surface area contributed by atoms with Crippen LogP contribution in [0.5, 0.6) is 5.75 Å². The van der Waals surface area contributed by atoms with Gasteiger partial charge >= 0.3 is 5.97 Å². The highest BCUT2D eigenvalue weighted by atomic mass is 16.5. The van der Waals surface area contributed by atoms with Crippen LogP contribution in [0.15, 0.2) is 65.4 Å². The van der Waals surface area contributed by atoms with Crippen LogP contribution in [0.4, 0.5) is 5.82 Å². The fraction of sp³-hybridized carbons (Fsp3) is 0.318. The van der Waals surface area contributed by atoms with Crippen molar-refractivity contribution in [3.05, 3.63) is 72.2 Å². The van der Waals surface area contributed by atoms with Crippen molar-refractivity contribution in [2.75, 3.05) is 18.5 Å². The summed E-state index contributed by atoms with van der Waals surface area (Å²) in [6, 6.07) is 15.4. The van der Waals surface area contributed by atoms with Crippen LogP contribution in [0, 0.1) is 0 Å². The summed E-state index contributed by atoms with van der Waals surface area (Å²) < 4.78 is 11.1. The lowest BCUT2D eigenvalue weighted by molar-refractivity contribution is -0.137. The molecule has 7 nitrogen and oxygen atoms in total. The molecule has 0 spiro atoms. The molecule has 0 bridgehead atoms. The van der Waals surface area contributed by atoms with Gasteiger partial charge in [0.2, 0.25) is 0 Å². The molecular weight excluding hydrogens is 370 g/mol. The van der Waals surface area contributed by atoms with E-state index in [4.69, 9.17) is 9.26 Å². The quantitative estimate of drug-likeness (QED) is 0.505. The number of aromatic nitrogens is 2. The molecule has 1 aromatic carbocycles. The van der Waals surface area contributed by atoms with Gasteiger partial charge in [0.25, 0.3) is 0 Å². The van der Waals surface area contributed by atoms with Gasteiger partial charge in [-0.15, -0.1) is 0 Å². The van der Waals surface area contributed by atoms with Gasteiger partial charge < -0.3 is 19.7 Å². The molecule has 2 atom stereocenters. The average molecular weight is 393 g/mol. The van der Waals surface area contributed by atoms with Crippen LogP contribution < -0.4 is 10.1 Å². The third-order valence-electron chi connectivity index (χ3n) is 5.31. The number of pyridine rings is 1. The second-order valence-electron chi connectivity index (χ2n) is 7.27. The minimum absolute atomic E-state index is 0.0361. The standard InChI is InChI=1S/C22H23N3O4/c26-21(27)15-22(19-9-12-25-29-19)14-18(22)16-5-7-17(8-6-16)28-13-3-11-24-20-4-1-2-10-23-20/h1-2,4-10,12,18H,3,11,13-15H2,(H,23,24)(H,26,27). The number of nitrogens with one attached hydrogen (secondary N) is 1. The van der Waals surface area contributed by atoms with Gasteiger partial charge in [-0.2, -0.15) is 0 Å². The van der Waals surface area contributed by atoms with Crippen molar-refractivity contribution in [3.63, 3.8) is 0 Å². The van der Waals surface area contributed by atoms with Crippen molar-refractivity contribution in [2.45, 2.75) is 30.6 Å². The lowest BCUT2D eigenvalue weighted by atomic mass is 9.93. The lowest BCUT2D eigenvalue weighted by Crippen LogP contribution is -2.14. The van der Waals surface area contributed by atoms with Crippen LogP contribution in [0.1, 0.15) is 36.5 Å². The molecule has 2 unspecified atom stereocenters. The molecule has 0 saturated heterocycles. The second kappa shape index (κ2) is 8.34. The summed E-state index contributed by atoms with van der Waals surface area (Å²) in [7, 11) is 0. The molecule has 150 valence electrons. The van der Waals surface area contributed by atoms with E-state index in [1.807, 2.05) is 42.5 Å². The van der Waals surface area contributed by atoms with Gasteiger partial charge in [0.15, 0.2) is 0 Å². The fourth-order valence-corrected chi connectivity index (χ4v) is 3.78. The van der Waals surface area contributed by atoms with Crippen molar-refractivity contribution in [3.8, 4) is 5.75 Å². The van der Waals surface area contributed by atoms with Crippen molar-refractivity contribution in [1.82, 2.24) is 10.1 Å². The van der Waals surface area contributed by atoms with Crippen molar-refractivity contribution >= 4 is 11.8 Å². The molecule has 0 aliphatic heterocycles. The van der Waals surface area contributed by atoms with Gasteiger partial charge in [-0.3, -0.25) is 4.79 Å². The van der Waals surface area contributed by atoms with Crippen LogP contribution in [-0.4, -0.2) is 34.4 Å². The predicted molar refractivity (Wildman–Crippen MR) is 107 cm³/mol. The maximum absolute atomic E-state index is 11.4. The highest BCUT2D eigenvalue weighted by molar-refractivity contribution is 5.70. The normalized spacial score (nSPS) is 20.2. The van der Waals surface area contributed by atoms with Crippen LogP contribution in [0.3, 0.4) is 0 Å². The van der Waals surface area contributed by atoms with E-state index in [0.717, 1.165) is 36.5 Å². The molecule has 2 aromatic heterocycles. The van der Waals surface area contributed by atoms with Gasteiger partial charge in [0.1, 0.15) is 17.3 Å². The van der Waals surface area contributed by atoms with Crippen molar-refractivity contribution in [2.24, 2.45) is 0 Å². The zero-order valence-electron chi connectivity index (χ0n) is 16.0. The van der Waals surface area contributed by atoms with Crippen LogP contribution >= 0.6 is 0 Å². The highest BCUT2D eigenvalue weighted by Crippen LogP contribution is 2.62. The maximum atomic E-state index is 11.4. The Bertz CT molecular complexity index is 928. The van der Waals surface area contributed by atoms with E-state index in [1.54, 1.807) is 18.5 Å². The van der Waals surface area contributed by atoms with E-state index in [9.17, 15) is 9.90 Å². The smallest absolute Gasteiger partial charge is 0.304 e. The number of hydrogen-bond acceptors (Lipinski definition) is 6. The van der Waals surface area contributed by atoms with Crippen LogP contribution in [0.25, 0.3) is 0 Å². The Balaban J connectivity index is 1.29. The summed E-state index contributed by atoms with van der Waals surface area (Å²) in [6.07, 6.45) is 4.96. The number of carboxylic acid groups (broad SMARTS) is 1. The van der Waals surface area contributed by atoms with Crippen LogP contribution in [-0.2, 0) is 10.2 Å². The Morgan fingerprint density at radius 2 is 2.07 bits per heavy atom. The number of aliphatic carboxylic acids is 1. The average Bonchev–Trinajstić information content (AvgIpc) is 3.17. The summed E-state index contributed by atoms with van der Waals surface area (Å²) in [5, 5.41) is 16.3. The highest BCUT2D eigenvalue weighted by Gasteiger charge is 2.59. The molecule has 1 fully saturated rings. The van der Waals surface area contributed by atoms with E-state index in [1.165, 1.54) is 0 Å². The summed E-state index contributed by atoms with van der Waals surface area (Å²) >= 11 is 0. The van der Waals surface area contributed by atoms with E-state index in [-0.39, 0.29) is 12.3 Å². The summed E-state index contributed by atoms with van der Waals surface area (Å²) in [5.41, 5.74) is 0.591. The Labute approximate surface area is 168 Å². The molecule has 0 radical (unpaired) electrons. The monoisotopic (exact) mass is 393 g/mol. The number of carboxylic acids is 1. The number of benzene rings is 1. The van der Waals surface area contributed by atoms with Gasteiger partial charge in [-0.05, 0) is 48.6 Å². The second-order valence-corrected chi connectivity index (χ2v) is 7.27. The van der Waals surface area contributed by atoms with E-state index < -0.39 is 11.4 Å². The van der Waals surface area contributed by atoms with E-state index in [0.29, 0.717) is 12.4 Å². The SMILES string of the molecule is O=C(O)CC1(c2ccno2)CC1c1ccc(OCCCNc2ccccn2)cc1. The Hall–Kier alpha value is -3.35. The van der Waals surface area contributed by atoms with Gasteiger partial charge in [0, 0.05) is 24.2 Å². The summed E-state index contributed by atoms with van der Waals surface area (Å²) in [4.78, 5) is 15.6. The number of carbonyl (C=O) groups is 1. The molecule has 29 heavy (non-hydrogen) atoms. The maximum Gasteiger partial charge on any atom is 0.304 e. The molecule has 2 N–H and O–H groups in total. The third kappa shape index (κ3) is 4.39. The first-order valence-corrected chi connectivity index (χ1v) is 9.68. The van der Waals surface area contributed by atoms with Crippen molar-refractivity contribution < 1.29 is 19.2 Å². The number of nitrogens with zero attached hydrogens (tertiary/aromatic N) is 2. The molecule has 4 rings (SSSR count). The molecule has 3 aromatic rings. The molecule has 1 aliphatic rings. The number of ether oxygens (including phenoxy) is 1. The first kappa shape index (κ1) is 19.0. The zero-order chi connectivity index (χ0) is 20.1. The number of hydrogen-bond donors (Lipinski definition) is 2. The zero-order valence-corrected chi connectivity index (χ0v) is 16.0. The molecule has 1 aliphatic carbocycles. The van der Waals surface area contributed by atoms with Gasteiger partial charge in [0.05, 0.1) is 19.2 Å². The largest absolute Gasteiger partial charge is 0.494 e. The first-order valence-electron chi connectivity index (χ1n) is 9.68. The molecular formula is C22H23N3O4. The fourth-order valence-electron chi connectivity index (χ4n) is 3.78. The van der Waals surface area contributed by atoms with E-state index in [2.05, 4.69) is 15.5 Å². The minimum Gasteiger partial charge on any atom is -0.494 e. The lowest BCUT2D eigenvalue weighted by Gasteiger charge is -2.12. The van der Waals surface area contributed by atoms with E-state index >= 15 is 0 Å².